The number of nitrogens with zero attached hydrogens (tertiary/aromatic N) is 3. The van der Waals surface area contributed by atoms with Crippen LogP contribution >= 0.6 is 0 Å². The summed E-state index contributed by atoms with van der Waals surface area (Å²) in [7, 11) is 1.81. The molecule has 1 saturated carbocycles. The molecule has 1 aliphatic rings. The maximum Gasteiger partial charge on any atom is 0.318 e. The van der Waals surface area contributed by atoms with E-state index in [9.17, 15) is 4.79 Å². The van der Waals surface area contributed by atoms with Gasteiger partial charge in [-0.25, -0.2) is 4.79 Å². The molecule has 1 atom stereocenters. The fraction of sp³-hybridized carbons (Fsp3) is 0.769. The Hall–Kier alpha value is -1.59. The first-order chi connectivity index (χ1) is 8.79. The minimum absolute atomic E-state index is 0.0921. The molecule has 19 heavy (non-hydrogen) atoms. The Morgan fingerprint density at radius 2 is 2.11 bits per heavy atom. The molecule has 1 N–H and O–H groups in total. The van der Waals surface area contributed by atoms with Gasteiger partial charge in [0.2, 0.25) is 5.89 Å². The molecule has 1 heterocycles. The van der Waals surface area contributed by atoms with Gasteiger partial charge in [0.05, 0.1) is 0 Å². The normalized spacial score (nSPS) is 17.1. The van der Waals surface area contributed by atoms with E-state index in [1.54, 1.807) is 4.90 Å². The topological polar surface area (TPSA) is 71.3 Å². The van der Waals surface area contributed by atoms with Gasteiger partial charge in [0.15, 0.2) is 5.82 Å². The summed E-state index contributed by atoms with van der Waals surface area (Å²) in [6, 6.07) is 0.0165. The van der Waals surface area contributed by atoms with Gasteiger partial charge in [0.1, 0.15) is 6.04 Å². The van der Waals surface area contributed by atoms with Gasteiger partial charge in [-0.2, -0.15) is 4.98 Å². The Morgan fingerprint density at radius 3 is 2.58 bits per heavy atom. The molecule has 2 rings (SSSR count). The van der Waals surface area contributed by atoms with Crippen molar-refractivity contribution in [2.45, 2.75) is 58.0 Å². The maximum absolute atomic E-state index is 11.9. The van der Waals surface area contributed by atoms with Gasteiger partial charge in [-0.15, -0.1) is 0 Å². The molecule has 0 saturated heterocycles. The van der Waals surface area contributed by atoms with E-state index in [4.69, 9.17) is 4.52 Å². The van der Waals surface area contributed by atoms with Crippen LogP contribution in [0.3, 0.4) is 0 Å². The van der Waals surface area contributed by atoms with Gasteiger partial charge < -0.3 is 14.7 Å². The van der Waals surface area contributed by atoms with Crippen LogP contribution in [0.2, 0.25) is 0 Å². The minimum atomic E-state index is -0.280. The number of carbonyl (C=O) groups excluding carboxylic acids is 1. The highest BCUT2D eigenvalue weighted by Gasteiger charge is 2.31. The molecule has 0 bridgehead atoms. The van der Waals surface area contributed by atoms with E-state index in [0.29, 0.717) is 17.8 Å². The second-order valence-corrected chi connectivity index (χ2v) is 6.22. The van der Waals surface area contributed by atoms with Crippen LogP contribution in [0.4, 0.5) is 4.79 Å². The van der Waals surface area contributed by atoms with Crippen LogP contribution in [-0.4, -0.2) is 34.2 Å². The molecule has 0 radical (unpaired) electrons. The van der Waals surface area contributed by atoms with E-state index in [1.807, 2.05) is 34.7 Å². The zero-order valence-corrected chi connectivity index (χ0v) is 12.2. The van der Waals surface area contributed by atoms with Gasteiger partial charge in [0.25, 0.3) is 0 Å². The Morgan fingerprint density at radius 1 is 1.47 bits per heavy atom. The second-order valence-electron chi connectivity index (χ2n) is 6.22. The first kappa shape index (κ1) is 13.8. The summed E-state index contributed by atoms with van der Waals surface area (Å²) in [6.45, 7) is 7.90. The summed E-state index contributed by atoms with van der Waals surface area (Å²) in [5.74, 6) is 1.10. The molecule has 0 aliphatic heterocycles. The highest BCUT2D eigenvalue weighted by atomic mass is 16.5. The minimum Gasteiger partial charge on any atom is -0.337 e. The first-order valence-electron chi connectivity index (χ1n) is 6.66. The van der Waals surface area contributed by atoms with E-state index in [0.717, 1.165) is 12.8 Å². The predicted octanol–water partition coefficient (Wildman–Crippen LogP) is 2.23. The number of hydrogen-bond donors (Lipinski definition) is 1. The Balaban J connectivity index is 1.97. The number of nitrogens with one attached hydrogen (secondary N) is 1. The lowest BCUT2D eigenvalue weighted by atomic mass is 9.96. The van der Waals surface area contributed by atoms with Crippen molar-refractivity contribution in [3.63, 3.8) is 0 Å². The molecule has 0 aromatic carbocycles. The predicted molar refractivity (Wildman–Crippen MR) is 70.7 cm³/mol. The van der Waals surface area contributed by atoms with Gasteiger partial charge in [-0.1, -0.05) is 25.9 Å². The van der Waals surface area contributed by atoms with Crippen LogP contribution in [-0.2, 0) is 5.41 Å². The zero-order chi connectivity index (χ0) is 14.2. The number of amides is 2. The zero-order valence-electron chi connectivity index (χ0n) is 12.2. The summed E-state index contributed by atoms with van der Waals surface area (Å²) in [5, 5.41) is 6.83. The quantitative estimate of drug-likeness (QED) is 0.910. The lowest BCUT2D eigenvalue weighted by Gasteiger charge is -2.19. The summed E-state index contributed by atoms with van der Waals surface area (Å²) < 4.78 is 5.22. The molecule has 1 aromatic heterocycles. The third-order valence-electron chi connectivity index (χ3n) is 3.24. The van der Waals surface area contributed by atoms with Crippen molar-refractivity contribution < 1.29 is 9.32 Å². The standard InChI is InChI=1S/C13H22N4O2/c1-8(14-12(18)17(5)9-6-7-9)10-15-11(16-19-10)13(2,3)4/h8-9H,6-7H2,1-5H3,(H,14,18). The van der Waals surface area contributed by atoms with E-state index >= 15 is 0 Å². The molecule has 0 spiro atoms. The third-order valence-corrected chi connectivity index (χ3v) is 3.24. The average Bonchev–Trinajstić information content (AvgIpc) is 3.02. The largest absolute Gasteiger partial charge is 0.337 e. The highest BCUT2D eigenvalue weighted by Crippen LogP contribution is 2.26. The van der Waals surface area contributed by atoms with E-state index in [2.05, 4.69) is 15.5 Å². The van der Waals surface area contributed by atoms with E-state index in [1.165, 1.54) is 0 Å². The maximum atomic E-state index is 11.9. The van der Waals surface area contributed by atoms with Crippen molar-refractivity contribution in [3.05, 3.63) is 11.7 Å². The molecule has 1 fully saturated rings. The molecular formula is C13H22N4O2. The fourth-order valence-electron chi connectivity index (χ4n) is 1.69. The van der Waals surface area contributed by atoms with Crippen molar-refractivity contribution in [1.29, 1.82) is 0 Å². The molecule has 1 aliphatic carbocycles. The first-order valence-corrected chi connectivity index (χ1v) is 6.66. The second kappa shape index (κ2) is 4.83. The van der Waals surface area contributed by atoms with Gasteiger partial charge in [-0.05, 0) is 19.8 Å². The Labute approximate surface area is 113 Å². The van der Waals surface area contributed by atoms with Gasteiger partial charge in [0, 0.05) is 18.5 Å². The van der Waals surface area contributed by atoms with Crippen molar-refractivity contribution in [3.8, 4) is 0 Å². The van der Waals surface area contributed by atoms with Crippen molar-refractivity contribution >= 4 is 6.03 Å². The molecule has 2 amide bonds. The number of carbonyl (C=O) groups is 1. The van der Waals surface area contributed by atoms with Crippen LogP contribution in [0, 0.1) is 0 Å². The molecule has 6 heteroatoms. The number of aromatic nitrogens is 2. The lowest BCUT2D eigenvalue weighted by molar-refractivity contribution is 0.200. The Kier molecular flexibility index (Phi) is 3.52. The van der Waals surface area contributed by atoms with Gasteiger partial charge >= 0.3 is 6.03 Å². The molecule has 1 unspecified atom stereocenters. The summed E-state index contributed by atoms with van der Waals surface area (Å²) in [6.07, 6.45) is 2.18. The summed E-state index contributed by atoms with van der Waals surface area (Å²) >= 11 is 0. The Bertz CT molecular complexity index is 459. The van der Waals surface area contributed by atoms with Crippen LogP contribution < -0.4 is 5.32 Å². The SMILES string of the molecule is CC(NC(=O)N(C)C1CC1)c1nc(C(C)(C)C)no1. The fourth-order valence-corrected chi connectivity index (χ4v) is 1.69. The van der Waals surface area contributed by atoms with Crippen LogP contribution in [0.25, 0.3) is 0 Å². The summed E-state index contributed by atoms with van der Waals surface area (Å²) in [4.78, 5) is 18.0. The van der Waals surface area contributed by atoms with Crippen LogP contribution in [0.5, 0.6) is 0 Å². The van der Waals surface area contributed by atoms with Crippen molar-refractivity contribution in [1.82, 2.24) is 20.4 Å². The molecular weight excluding hydrogens is 244 g/mol. The number of hydrogen-bond acceptors (Lipinski definition) is 4. The summed E-state index contributed by atoms with van der Waals surface area (Å²) in [5.41, 5.74) is -0.156. The average molecular weight is 266 g/mol. The van der Waals surface area contributed by atoms with Crippen molar-refractivity contribution in [2.24, 2.45) is 0 Å². The smallest absolute Gasteiger partial charge is 0.318 e. The van der Waals surface area contributed by atoms with E-state index in [-0.39, 0.29) is 17.5 Å². The number of urea groups is 1. The molecule has 6 nitrogen and oxygen atoms in total. The number of rotatable bonds is 3. The third kappa shape index (κ3) is 3.24. The van der Waals surface area contributed by atoms with E-state index < -0.39 is 0 Å². The molecule has 1 aromatic rings. The van der Waals surface area contributed by atoms with Gasteiger partial charge in [-0.3, -0.25) is 0 Å². The van der Waals surface area contributed by atoms with Crippen LogP contribution in [0.15, 0.2) is 4.52 Å². The highest BCUT2D eigenvalue weighted by molar-refractivity contribution is 5.74. The van der Waals surface area contributed by atoms with Crippen molar-refractivity contribution in [2.75, 3.05) is 7.05 Å². The monoisotopic (exact) mass is 266 g/mol. The van der Waals surface area contributed by atoms with Crippen LogP contribution in [0.1, 0.15) is 58.3 Å². The molecule has 106 valence electrons. The lowest BCUT2D eigenvalue weighted by Crippen LogP contribution is -2.39.